The van der Waals surface area contributed by atoms with Crippen LogP contribution in [0.2, 0.25) is 5.02 Å². The molecule has 1 N–H and O–H groups in total. The first kappa shape index (κ1) is 19.8. The van der Waals surface area contributed by atoms with Gasteiger partial charge in [-0.2, -0.15) is 0 Å². The molecule has 2 fully saturated rings. The topological polar surface area (TPSA) is 71.5 Å². The maximum absolute atomic E-state index is 14.8. The van der Waals surface area contributed by atoms with E-state index in [9.17, 15) is 12.8 Å². The molecule has 2 aliphatic rings. The van der Waals surface area contributed by atoms with Gasteiger partial charge < -0.3 is 10.1 Å². The highest BCUT2D eigenvalue weighted by molar-refractivity contribution is 7.89. The number of hydrogen-bond donors (Lipinski definition) is 1. The SMILES string of the molecule is O=S(=O)(C1CCOCC1)N1CCC(Nc2ccc3c(Cl)ccnc3c2F)CC1. The number of ether oxygens (including phenoxy) is 1. The monoisotopic (exact) mass is 427 g/mol. The molecule has 2 aliphatic heterocycles. The van der Waals surface area contributed by atoms with Gasteiger partial charge in [-0.3, -0.25) is 4.98 Å². The normalized spacial score (nSPS) is 20.5. The summed E-state index contributed by atoms with van der Waals surface area (Å²) in [6.07, 6.45) is 3.85. The second-order valence-corrected chi connectivity index (χ2v) is 9.91. The van der Waals surface area contributed by atoms with Crippen LogP contribution in [-0.4, -0.2) is 55.3 Å². The molecule has 0 unspecified atom stereocenters. The summed E-state index contributed by atoms with van der Waals surface area (Å²) >= 11 is 6.10. The molecule has 6 nitrogen and oxygen atoms in total. The van der Waals surface area contributed by atoms with Gasteiger partial charge in [-0.05, 0) is 43.9 Å². The van der Waals surface area contributed by atoms with E-state index in [2.05, 4.69) is 10.3 Å². The molecule has 3 heterocycles. The Hall–Kier alpha value is -1.48. The van der Waals surface area contributed by atoms with E-state index in [1.807, 2.05) is 0 Å². The largest absolute Gasteiger partial charge is 0.381 e. The number of aromatic nitrogens is 1. The van der Waals surface area contributed by atoms with Gasteiger partial charge in [0.25, 0.3) is 0 Å². The van der Waals surface area contributed by atoms with Crippen LogP contribution in [0.3, 0.4) is 0 Å². The van der Waals surface area contributed by atoms with Crippen molar-refractivity contribution in [3.05, 3.63) is 35.2 Å². The second kappa shape index (κ2) is 8.10. The van der Waals surface area contributed by atoms with E-state index in [1.54, 1.807) is 22.5 Å². The Balaban J connectivity index is 1.42. The van der Waals surface area contributed by atoms with Crippen molar-refractivity contribution in [2.75, 3.05) is 31.6 Å². The Kier molecular flexibility index (Phi) is 5.73. The van der Waals surface area contributed by atoms with Gasteiger partial charge in [0.2, 0.25) is 10.0 Å². The van der Waals surface area contributed by atoms with E-state index in [0.717, 1.165) is 0 Å². The van der Waals surface area contributed by atoms with Gasteiger partial charge in [0.05, 0.1) is 16.0 Å². The highest BCUT2D eigenvalue weighted by Crippen LogP contribution is 2.30. The number of nitrogens with zero attached hydrogens (tertiary/aromatic N) is 2. The Morgan fingerprint density at radius 1 is 1.14 bits per heavy atom. The van der Waals surface area contributed by atoms with Crippen LogP contribution in [0.1, 0.15) is 25.7 Å². The van der Waals surface area contributed by atoms with Crippen molar-refractivity contribution in [2.45, 2.75) is 37.0 Å². The number of hydrogen-bond acceptors (Lipinski definition) is 5. The molecule has 0 atom stereocenters. The van der Waals surface area contributed by atoms with Gasteiger partial charge in [-0.15, -0.1) is 0 Å². The number of sulfonamides is 1. The number of benzene rings is 1. The first-order chi connectivity index (χ1) is 13.5. The summed E-state index contributed by atoms with van der Waals surface area (Å²) in [5.74, 6) is -0.433. The number of rotatable bonds is 4. The molecular formula is C19H23ClFN3O3S. The van der Waals surface area contributed by atoms with Gasteiger partial charge in [0.15, 0.2) is 5.82 Å². The predicted molar refractivity (Wildman–Crippen MR) is 108 cm³/mol. The number of piperidine rings is 1. The van der Waals surface area contributed by atoms with E-state index in [0.29, 0.717) is 68.1 Å². The summed E-state index contributed by atoms with van der Waals surface area (Å²) in [5, 5.41) is 3.90. The van der Waals surface area contributed by atoms with Crippen LogP contribution in [0, 0.1) is 5.82 Å². The summed E-state index contributed by atoms with van der Waals surface area (Å²) in [6.45, 7) is 1.88. The molecule has 1 aromatic heterocycles. The Morgan fingerprint density at radius 3 is 2.57 bits per heavy atom. The van der Waals surface area contributed by atoms with Crippen LogP contribution in [0.15, 0.2) is 24.4 Å². The fourth-order valence-corrected chi connectivity index (χ4v) is 6.06. The Morgan fingerprint density at radius 2 is 1.86 bits per heavy atom. The molecule has 28 heavy (non-hydrogen) atoms. The molecular weight excluding hydrogens is 405 g/mol. The standard InChI is InChI=1S/C19H23ClFN3O3S/c20-16-3-8-22-19-15(16)1-2-17(18(19)21)23-13-4-9-24(10-5-13)28(25,26)14-6-11-27-12-7-14/h1-3,8,13-14,23H,4-7,9-12H2. The molecule has 0 radical (unpaired) electrons. The Labute approximate surface area is 169 Å². The molecule has 9 heteroatoms. The third-order valence-corrected chi connectivity index (χ3v) is 8.29. The number of pyridine rings is 1. The van der Waals surface area contributed by atoms with Crippen LogP contribution < -0.4 is 5.32 Å². The lowest BCUT2D eigenvalue weighted by atomic mass is 10.1. The fourth-order valence-electron chi connectivity index (χ4n) is 3.92. The van der Waals surface area contributed by atoms with Crippen LogP contribution in [0.5, 0.6) is 0 Å². The van der Waals surface area contributed by atoms with Gasteiger partial charge in [-0.25, -0.2) is 17.1 Å². The molecule has 0 amide bonds. The number of nitrogens with one attached hydrogen (secondary N) is 1. The van der Waals surface area contributed by atoms with Crippen molar-refractivity contribution < 1.29 is 17.5 Å². The third-order valence-electron chi connectivity index (χ3n) is 5.56. The quantitative estimate of drug-likeness (QED) is 0.809. The highest BCUT2D eigenvalue weighted by Gasteiger charge is 2.35. The minimum absolute atomic E-state index is 0.00673. The zero-order chi connectivity index (χ0) is 19.7. The van der Waals surface area contributed by atoms with Crippen molar-refractivity contribution in [2.24, 2.45) is 0 Å². The van der Waals surface area contributed by atoms with Gasteiger partial charge in [0, 0.05) is 43.9 Å². The maximum Gasteiger partial charge on any atom is 0.217 e. The zero-order valence-corrected chi connectivity index (χ0v) is 17.0. The molecule has 0 spiro atoms. The molecule has 152 valence electrons. The maximum atomic E-state index is 14.8. The average Bonchev–Trinajstić information content (AvgIpc) is 2.72. The van der Waals surface area contributed by atoms with Crippen LogP contribution >= 0.6 is 11.6 Å². The van der Waals surface area contributed by atoms with Crippen molar-refractivity contribution in [3.63, 3.8) is 0 Å². The van der Waals surface area contributed by atoms with Gasteiger partial charge in [-0.1, -0.05) is 11.6 Å². The molecule has 4 rings (SSSR count). The molecule has 0 saturated carbocycles. The zero-order valence-electron chi connectivity index (χ0n) is 15.4. The van der Waals surface area contributed by atoms with Gasteiger partial charge in [0.1, 0.15) is 5.52 Å². The van der Waals surface area contributed by atoms with E-state index in [-0.39, 0.29) is 16.8 Å². The average molecular weight is 428 g/mol. The summed E-state index contributed by atoms with van der Waals surface area (Å²) in [6, 6.07) is 5.05. The summed E-state index contributed by atoms with van der Waals surface area (Å²) in [4.78, 5) is 4.09. The fraction of sp³-hybridized carbons (Fsp3) is 0.526. The summed E-state index contributed by atoms with van der Waals surface area (Å²) < 4.78 is 47.3. The van der Waals surface area contributed by atoms with E-state index < -0.39 is 15.8 Å². The lowest BCUT2D eigenvalue weighted by Crippen LogP contribution is -2.47. The van der Waals surface area contributed by atoms with Crippen molar-refractivity contribution >= 4 is 38.2 Å². The summed E-state index contributed by atoms with van der Waals surface area (Å²) in [5.41, 5.74) is 0.602. The van der Waals surface area contributed by atoms with Crippen LogP contribution in [0.25, 0.3) is 10.9 Å². The first-order valence-corrected chi connectivity index (χ1v) is 11.4. The predicted octanol–water partition coefficient (Wildman–Crippen LogP) is 3.41. The second-order valence-electron chi connectivity index (χ2n) is 7.29. The molecule has 1 aromatic carbocycles. The number of fused-ring (bicyclic) bond motifs is 1. The van der Waals surface area contributed by atoms with Crippen LogP contribution in [-0.2, 0) is 14.8 Å². The molecule has 2 saturated heterocycles. The summed E-state index contributed by atoms with van der Waals surface area (Å²) in [7, 11) is -3.30. The van der Waals surface area contributed by atoms with E-state index in [1.165, 1.54) is 6.20 Å². The molecule has 0 aliphatic carbocycles. The lowest BCUT2D eigenvalue weighted by molar-refractivity contribution is 0.0969. The Bertz CT molecular complexity index is 958. The van der Waals surface area contributed by atoms with Crippen molar-refractivity contribution in [1.29, 1.82) is 0 Å². The highest BCUT2D eigenvalue weighted by atomic mass is 35.5. The minimum Gasteiger partial charge on any atom is -0.381 e. The number of halogens is 2. The van der Waals surface area contributed by atoms with Crippen LogP contribution in [0.4, 0.5) is 10.1 Å². The first-order valence-electron chi connectivity index (χ1n) is 9.53. The lowest BCUT2D eigenvalue weighted by Gasteiger charge is -2.35. The molecule has 2 aromatic rings. The van der Waals surface area contributed by atoms with Crippen molar-refractivity contribution in [3.8, 4) is 0 Å². The number of anilines is 1. The smallest absolute Gasteiger partial charge is 0.217 e. The van der Waals surface area contributed by atoms with E-state index in [4.69, 9.17) is 16.3 Å². The van der Waals surface area contributed by atoms with E-state index >= 15 is 0 Å². The molecule has 0 bridgehead atoms. The minimum atomic E-state index is -3.30. The van der Waals surface area contributed by atoms with Crippen molar-refractivity contribution in [1.82, 2.24) is 9.29 Å². The third kappa shape index (κ3) is 3.83. The van der Waals surface area contributed by atoms with Gasteiger partial charge >= 0.3 is 0 Å².